The van der Waals surface area contributed by atoms with Crippen LogP contribution in [0.4, 0.5) is 8.78 Å². The molecule has 0 saturated heterocycles. The van der Waals surface area contributed by atoms with Crippen molar-refractivity contribution in [3.05, 3.63) is 62.4 Å². The van der Waals surface area contributed by atoms with Crippen LogP contribution in [0.2, 0.25) is 5.02 Å². The minimum Gasteiger partial charge on any atom is -0.347 e. The second-order valence-corrected chi connectivity index (χ2v) is 8.07. The molecule has 0 aliphatic carbocycles. The Hall–Kier alpha value is -2.29. The van der Waals surface area contributed by atoms with Gasteiger partial charge in [0.15, 0.2) is 11.6 Å². The lowest BCUT2D eigenvalue weighted by Gasteiger charge is -2.16. The maximum absolute atomic E-state index is 13.4. The van der Waals surface area contributed by atoms with Crippen molar-refractivity contribution in [2.24, 2.45) is 12.8 Å². The number of halogens is 3. The first-order valence-corrected chi connectivity index (χ1v) is 9.72. The SMILES string of the molecule is Cc1sc(C(=O)NC(CN)Cc2ccc(F)c(F)c2)cc1-c1c(Cl)cnn1C. The van der Waals surface area contributed by atoms with Crippen LogP contribution in [0, 0.1) is 18.6 Å². The van der Waals surface area contributed by atoms with Crippen LogP contribution in [-0.4, -0.2) is 28.3 Å². The summed E-state index contributed by atoms with van der Waals surface area (Å²) in [4.78, 5) is 14.1. The Balaban J connectivity index is 1.76. The van der Waals surface area contributed by atoms with Gasteiger partial charge in [0.2, 0.25) is 0 Å². The second-order valence-electron chi connectivity index (χ2n) is 6.40. The van der Waals surface area contributed by atoms with Crippen LogP contribution in [0.15, 0.2) is 30.5 Å². The monoisotopic (exact) mass is 424 g/mol. The molecule has 3 N–H and O–H groups in total. The van der Waals surface area contributed by atoms with E-state index >= 15 is 0 Å². The normalized spacial score (nSPS) is 12.2. The van der Waals surface area contributed by atoms with Gasteiger partial charge in [0.1, 0.15) is 0 Å². The number of carbonyl (C=O) groups is 1. The van der Waals surface area contributed by atoms with Gasteiger partial charge in [0, 0.05) is 30.1 Å². The predicted molar refractivity (Wildman–Crippen MR) is 107 cm³/mol. The number of nitrogens with zero attached hydrogens (tertiary/aromatic N) is 2. The summed E-state index contributed by atoms with van der Waals surface area (Å²) >= 11 is 7.55. The highest BCUT2D eigenvalue weighted by Gasteiger charge is 2.20. The summed E-state index contributed by atoms with van der Waals surface area (Å²) in [6.45, 7) is 2.07. The molecule has 2 heterocycles. The summed E-state index contributed by atoms with van der Waals surface area (Å²) in [6, 6.07) is 5.01. The summed E-state index contributed by atoms with van der Waals surface area (Å²) in [7, 11) is 1.78. The molecule has 1 aromatic carbocycles. The zero-order valence-electron chi connectivity index (χ0n) is 15.3. The molecule has 5 nitrogen and oxygen atoms in total. The molecule has 0 aliphatic heterocycles. The van der Waals surface area contributed by atoms with Gasteiger partial charge >= 0.3 is 0 Å². The molecular weight excluding hydrogens is 406 g/mol. The van der Waals surface area contributed by atoms with Crippen molar-refractivity contribution in [2.75, 3.05) is 6.54 Å². The number of thiophene rings is 1. The number of nitrogens with two attached hydrogens (primary N) is 1. The molecule has 0 bridgehead atoms. The van der Waals surface area contributed by atoms with E-state index in [4.69, 9.17) is 17.3 Å². The van der Waals surface area contributed by atoms with Crippen LogP contribution in [-0.2, 0) is 13.5 Å². The van der Waals surface area contributed by atoms with Crippen LogP contribution in [0.25, 0.3) is 11.3 Å². The molecule has 148 valence electrons. The van der Waals surface area contributed by atoms with E-state index in [0.717, 1.165) is 28.3 Å². The molecule has 3 rings (SSSR count). The lowest BCUT2D eigenvalue weighted by Crippen LogP contribution is -2.41. The topological polar surface area (TPSA) is 72.9 Å². The number of benzene rings is 1. The molecule has 3 aromatic rings. The predicted octanol–water partition coefficient (Wildman–Crippen LogP) is 3.69. The number of hydrogen-bond acceptors (Lipinski definition) is 4. The number of amides is 1. The maximum Gasteiger partial charge on any atom is 0.261 e. The molecule has 28 heavy (non-hydrogen) atoms. The zero-order valence-corrected chi connectivity index (χ0v) is 16.9. The molecule has 0 spiro atoms. The van der Waals surface area contributed by atoms with Crippen LogP contribution in [0.5, 0.6) is 0 Å². The van der Waals surface area contributed by atoms with Gasteiger partial charge in [-0.2, -0.15) is 5.10 Å². The highest BCUT2D eigenvalue weighted by Crippen LogP contribution is 2.34. The Bertz CT molecular complexity index is 998. The third-order valence-electron chi connectivity index (χ3n) is 4.38. The number of nitrogens with one attached hydrogen (secondary N) is 1. The van der Waals surface area contributed by atoms with Crippen molar-refractivity contribution < 1.29 is 13.6 Å². The minimum absolute atomic E-state index is 0.162. The molecule has 0 aliphatic rings. The van der Waals surface area contributed by atoms with Crippen molar-refractivity contribution in [1.29, 1.82) is 0 Å². The molecule has 1 atom stereocenters. The van der Waals surface area contributed by atoms with Crippen LogP contribution in [0.1, 0.15) is 20.1 Å². The van der Waals surface area contributed by atoms with E-state index in [9.17, 15) is 13.6 Å². The van der Waals surface area contributed by atoms with E-state index in [-0.39, 0.29) is 12.5 Å². The quantitative estimate of drug-likeness (QED) is 0.633. The Labute approximate surface area is 170 Å². The van der Waals surface area contributed by atoms with Gasteiger partial charge in [-0.05, 0) is 37.1 Å². The van der Waals surface area contributed by atoms with E-state index in [1.54, 1.807) is 24.0 Å². The number of aromatic nitrogens is 2. The first kappa shape index (κ1) is 20.4. The fourth-order valence-corrected chi connectivity index (χ4v) is 4.14. The summed E-state index contributed by atoms with van der Waals surface area (Å²) in [5.41, 5.74) is 7.89. The van der Waals surface area contributed by atoms with E-state index in [1.165, 1.54) is 17.4 Å². The van der Waals surface area contributed by atoms with Crippen molar-refractivity contribution in [3.8, 4) is 11.3 Å². The molecule has 1 amide bonds. The smallest absolute Gasteiger partial charge is 0.261 e. The van der Waals surface area contributed by atoms with E-state index in [1.807, 2.05) is 6.92 Å². The van der Waals surface area contributed by atoms with Gasteiger partial charge in [-0.3, -0.25) is 9.48 Å². The van der Waals surface area contributed by atoms with Gasteiger partial charge in [-0.15, -0.1) is 11.3 Å². The molecule has 9 heteroatoms. The second kappa shape index (κ2) is 8.38. The Morgan fingerprint density at radius 1 is 1.36 bits per heavy atom. The summed E-state index contributed by atoms with van der Waals surface area (Å²) in [5, 5.41) is 7.49. The highest BCUT2D eigenvalue weighted by molar-refractivity contribution is 7.14. The highest BCUT2D eigenvalue weighted by atomic mass is 35.5. The minimum atomic E-state index is -0.925. The fourth-order valence-electron chi connectivity index (χ4n) is 2.94. The molecule has 0 radical (unpaired) electrons. The Kier molecular flexibility index (Phi) is 6.12. The van der Waals surface area contributed by atoms with Crippen molar-refractivity contribution in [2.45, 2.75) is 19.4 Å². The van der Waals surface area contributed by atoms with Crippen molar-refractivity contribution in [1.82, 2.24) is 15.1 Å². The molecule has 1 unspecified atom stereocenters. The number of carbonyl (C=O) groups excluding carboxylic acids is 1. The lowest BCUT2D eigenvalue weighted by atomic mass is 10.1. The van der Waals surface area contributed by atoms with Gasteiger partial charge in [0.05, 0.1) is 21.8 Å². The maximum atomic E-state index is 13.4. The van der Waals surface area contributed by atoms with Gasteiger partial charge in [-0.1, -0.05) is 17.7 Å². The summed E-state index contributed by atoms with van der Waals surface area (Å²) < 4.78 is 28.1. The first-order valence-electron chi connectivity index (χ1n) is 8.53. The molecule has 0 fully saturated rings. The van der Waals surface area contributed by atoms with Crippen LogP contribution < -0.4 is 11.1 Å². The summed E-state index contributed by atoms with van der Waals surface area (Å²) in [5.74, 6) is -2.12. The van der Waals surface area contributed by atoms with E-state index in [0.29, 0.717) is 21.9 Å². The number of hydrogen-bond donors (Lipinski definition) is 2. The third kappa shape index (κ3) is 4.24. The largest absolute Gasteiger partial charge is 0.347 e. The zero-order chi connectivity index (χ0) is 20.4. The van der Waals surface area contributed by atoms with Gasteiger partial charge in [-0.25, -0.2) is 8.78 Å². The van der Waals surface area contributed by atoms with Crippen LogP contribution in [0.3, 0.4) is 0 Å². The average molecular weight is 425 g/mol. The first-order chi connectivity index (χ1) is 13.3. The van der Waals surface area contributed by atoms with Crippen LogP contribution >= 0.6 is 22.9 Å². The van der Waals surface area contributed by atoms with Gasteiger partial charge < -0.3 is 11.1 Å². The Morgan fingerprint density at radius 2 is 2.11 bits per heavy atom. The third-order valence-corrected chi connectivity index (χ3v) is 5.70. The fraction of sp³-hybridized carbons (Fsp3) is 0.263. The van der Waals surface area contributed by atoms with Crippen molar-refractivity contribution in [3.63, 3.8) is 0 Å². The lowest BCUT2D eigenvalue weighted by molar-refractivity contribution is 0.0942. The molecule has 2 aromatic heterocycles. The molecular formula is C19H19ClF2N4OS. The Morgan fingerprint density at radius 3 is 2.71 bits per heavy atom. The van der Waals surface area contributed by atoms with E-state index < -0.39 is 17.7 Å². The number of aryl methyl sites for hydroxylation is 2. The van der Waals surface area contributed by atoms with E-state index in [2.05, 4.69) is 10.4 Å². The summed E-state index contributed by atoms with van der Waals surface area (Å²) in [6.07, 6.45) is 1.85. The van der Waals surface area contributed by atoms with Crippen molar-refractivity contribution >= 4 is 28.8 Å². The molecule has 0 saturated carbocycles. The standard InChI is InChI=1S/C19H19ClF2N4OS/c1-10-13(18-14(20)9-24-26(18)2)7-17(28-10)19(27)25-12(8-23)5-11-3-4-15(21)16(22)6-11/h3-4,6-7,9,12H,5,8,23H2,1-2H3,(H,25,27). The van der Waals surface area contributed by atoms with Gasteiger partial charge in [0.25, 0.3) is 5.91 Å². The number of rotatable bonds is 6. The average Bonchev–Trinajstić information content (AvgIpc) is 3.19.